The fraction of sp³-hybridized carbons (Fsp3) is 0.414. The number of aromatic nitrogens is 1. The zero-order chi connectivity index (χ0) is 22.4. The summed E-state index contributed by atoms with van der Waals surface area (Å²) >= 11 is 0. The average Bonchev–Trinajstić information content (AvgIpc) is 3.42. The van der Waals surface area contributed by atoms with Crippen LogP contribution in [0.25, 0.3) is 22.4 Å². The van der Waals surface area contributed by atoms with Gasteiger partial charge in [0.05, 0.1) is 5.69 Å². The zero-order valence-corrected chi connectivity index (χ0v) is 19.6. The third kappa shape index (κ3) is 3.91. The van der Waals surface area contributed by atoms with E-state index >= 15 is 0 Å². The van der Waals surface area contributed by atoms with Gasteiger partial charge in [0, 0.05) is 31.4 Å². The third-order valence-electron chi connectivity index (χ3n) is 7.88. The lowest BCUT2D eigenvalue weighted by molar-refractivity contribution is 0.171. The molecule has 4 nitrogen and oxygen atoms in total. The summed E-state index contributed by atoms with van der Waals surface area (Å²) in [4.78, 5) is 7.56. The van der Waals surface area contributed by atoms with Gasteiger partial charge in [-0.25, -0.2) is 0 Å². The highest BCUT2D eigenvalue weighted by Crippen LogP contribution is 2.39. The number of aryl methyl sites for hydroxylation is 1. The van der Waals surface area contributed by atoms with Crippen LogP contribution in [-0.2, 0) is 6.54 Å². The number of rotatable bonds is 4. The molecule has 2 atom stereocenters. The molecule has 0 N–H and O–H groups in total. The molecule has 4 heteroatoms. The maximum absolute atomic E-state index is 5.81. The van der Waals surface area contributed by atoms with Gasteiger partial charge in [-0.2, -0.15) is 0 Å². The summed E-state index contributed by atoms with van der Waals surface area (Å²) in [6.07, 6.45) is 6.39. The lowest BCUT2D eigenvalue weighted by Gasteiger charge is -2.20. The smallest absolute Gasteiger partial charge is 0.161 e. The first kappa shape index (κ1) is 20.7. The van der Waals surface area contributed by atoms with E-state index in [0.29, 0.717) is 13.2 Å². The molecule has 0 spiro atoms. The van der Waals surface area contributed by atoms with Gasteiger partial charge in [-0.05, 0) is 84.5 Å². The molecular formula is C29H32N2O2. The van der Waals surface area contributed by atoms with Crippen LogP contribution < -0.4 is 9.47 Å². The Morgan fingerprint density at radius 1 is 0.909 bits per heavy atom. The maximum Gasteiger partial charge on any atom is 0.161 e. The van der Waals surface area contributed by atoms with Crippen LogP contribution in [-0.4, -0.2) is 36.2 Å². The third-order valence-corrected chi connectivity index (χ3v) is 7.88. The van der Waals surface area contributed by atoms with Crippen molar-refractivity contribution in [3.05, 3.63) is 65.4 Å². The molecular weight excluding hydrogens is 408 g/mol. The summed E-state index contributed by atoms with van der Waals surface area (Å²) in [5, 5.41) is 0. The fourth-order valence-electron chi connectivity index (χ4n) is 6.04. The Bertz CT molecular complexity index is 1180. The molecule has 1 aromatic heterocycles. The molecule has 170 valence electrons. The van der Waals surface area contributed by atoms with Crippen molar-refractivity contribution in [3.8, 4) is 33.9 Å². The topological polar surface area (TPSA) is 34.6 Å². The number of fused-ring (bicyclic) bond motifs is 2. The van der Waals surface area contributed by atoms with E-state index in [1.165, 1.54) is 60.2 Å². The molecule has 2 aliphatic heterocycles. The summed E-state index contributed by atoms with van der Waals surface area (Å²) in [6.45, 7) is 9.20. The predicted octanol–water partition coefficient (Wildman–Crippen LogP) is 6.04. The monoisotopic (exact) mass is 440 g/mol. The van der Waals surface area contributed by atoms with E-state index in [1.807, 2.05) is 6.07 Å². The van der Waals surface area contributed by atoms with Gasteiger partial charge in [-0.15, -0.1) is 0 Å². The normalized spacial score (nSPS) is 21.9. The first-order chi connectivity index (χ1) is 16.2. The summed E-state index contributed by atoms with van der Waals surface area (Å²) in [5.41, 5.74) is 8.52. The van der Waals surface area contributed by atoms with E-state index in [-0.39, 0.29) is 0 Å². The maximum atomic E-state index is 5.81. The fourth-order valence-corrected chi connectivity index (χ4v) is 6.04. The van der Waals surface area contributed by atoms with Gasteiger partial charge in [0.15, 0.2) is 11.5 Å². The molecule has 3 aromatic rings. The summed E-state index contributed by atoms with van der Waals surface area (Å²) in [6, 6.07) is 15.0. The molecule has 2 unspecified atom stereocenters. The van der Waals surface area contributed by atoms with Crippen LogP contribution in [0, 0.1) is 25.7 Å². The Balaban J connectivity index is 1.26. The number of ether oxygens (including phenoxy) is 2. The van der Waals surface area contributed by atoms with E-state index in [4.69, 9.17) is 14.5 Å². The largest absolute Gasteiger partial charge is 0.486 e. The number of pyridine rings is 1. The molecule has 0 bridgehead atoms. The second-order valence-corrected chi connectivity index (χ2v) is 9.98. The quantitative estimate of drug-likeness (QED) is 0.496. The molecule has 3 aliphatic rings. The van der Waals surface area contributed by atoms with Crippen molar-refractivity contribution in [2.45, 2.75) is 39.7 Å². The zero-order valence-electron chi connectivity index (χ0n) is 19.6. The lowest BCUT2D eigenvalue weighted by atomic mass is 9.94. The van der Waals surface area contributed by atoms with E-state index in [0.717, 1.165) is 41.1 Å². The Hall–Kier alpha value is -2.85. The molecule has 1 aliphatic carbocycles. The Labute approximate surface area is 196 Å². The first-order valence-electron chi connectivity index (χ1n) is 12.3. The minimum Gasteiger partial charge on any atom is -0.486 e. The number of hydrogen-bond acceptors (Lipinski definition) is 4. The van der Waals surface area contributed by atoms with Gasteiger partial charge in [-0.1, -0.05) is 30.7 Å². The standard InChI is InChI=1S/C29H32N2O2/c1-19-13-27(30-15-24(19)18-31-16-22-5-3-6-23(22)17-31)26-8-4-7-25(20(26)2)21-9-10-28-29(14-21)33-12-11-32-28/h4,7-10,13-15,22-23H,3,5-6,11-12,16-18H2,1-2H3. The van der Waals surface area contributed by atoms with Gasteiger partial charge >= 0.3 is 0 Å². The van der Waals surface area contributed by atoms with Crippen LogP contribution in [0.15, 0.2) is 48.7 Å². The summed E-state index contributed by atoms with van der Waals surface area (Å²) in [7, 11) is 0. The number of likely N-dealkylation sites (tertiary alicyclic amines) is 1. The molecule has 6 rings (SSSR count). The Morgan fingerprint density at radius 2 is 1.67 bits per heavy atom. The van der Waals surface area contributed by atoms with Gasteiger partial charge in [0.2, 0.25) is 0 Å². The molecule has 0 radical (unpaired) electrons. The SMILES string of the molecule is Cc1cc(-c2cccc(-c3ccc4c(c3)OCCO4)c2C)ncc1CN1CC2CCCC2C1. The van der Waals surface area contributed by atoms with Gasteiger partial charge < -0.3 is 9.47 Å². The van der Waals surface area contributed by atoms with Crippen LogP contribution >= 0.6 is 0 Å². The van der Waals surface area contributed by atoms with Crippen molar-refractivity contribution < 1.29 is 9.47 Å². The second kappa shape index (κ2) is 8.49. The van der Waals surface area contributed by atoms with Gasteiger partial charge in [0.25, 0.3) is 0 Å². The molecule has 3 heterocycles. The average molecular weight is 441 g/mol. The number of benzene rings is 2. The predicted molar refractivity (Wildman–Crippen MR) is 132 cm³/mol. The van der Waals surface area contributed by atoms with E-state index in [1.54, 1.807) is 0 Å². The van der Waals surface area contributed by atoms with Crippen molar-refractivity contribution in [3.63, 3.8) is 0 Å². The van der Waals surface area contributed by atoms with Crippen LogP contribution in [0.5, 0.6) is 11.5 Å². The second-order valence-electron chi connectivity index (χ2n) is 9.98. The van der Waals surface area contributed by atoms with Crippen molar-refractivity contribution in [2.75, 3.05) is 26.3 Å². The summed E-state index contributed by atoms with van der Waals surface area (Å²) < 4.78 is 11.5. The molecule has 0 amide bonds. The first-order valence-corrected chi connectivity index (χ1v) is 12.3. The molecule has 1 saturated heterocycles. The van der Waals surface area contributed by atoms with Crippen LogP contribution in [0.4, 0.5) is 0 Å². The van der Waals surface area contributed by atoms with Gasteiger partial charge in [-0.3, -0.25) is 9.88 Å². The Morgan fingerprint density at radius 3 is 2.45 bits per heavy atom. The Kier molecular flexibility index (Phi) is 5.34. The van der Waals surface area contributed by atoms with E-state index < -0.39 is 0 Å². The highest BCUT2D eigenvalue weighted by atomic mass is 16.6. The minimum absolute atomic E-state index is 0.601. The van der Waals surface area contributed by atoms with Crippen molar-refractivity contribution in [1.29, 1.82) is 0 Å². The molecule has 33 heavy (non-hydrogen) atoms. The number of nitrogens with zero attached hydrogens (tertiary/aromatic N) is 2. The van der Waals surface area contributed by atoms with Crippen molar-refractivity contribution in [1.82, 2.24) is 9.88 Å². The van der Waals surface area contributed by atoms with Crippen molar-refractivity contribution in [2.24, 2.45) is 11.8 Å². The highest BCUT2D eigenvalue weighted by molar-refractivity contribution is 5.78. The molecule has 1 saturated carbocycles. The van der Waals surface area contributed by atoms with Gasteiger partial charge in [0.1, 0.15) is 13.2 Å². The lowest BCUT2D eigenvalue weighted by Crippen LogP contribution is -2.21. The number of hydrogen-bond donors (Lipinski definition) is 0. The van der Waals surface area contributed by atoms with Crippen LogP contribution in [0.3, 0.4) is 0 Å². The molecule has 2 aromatic carbocycles. The van der Waals surface area contributed by atoms with E-state index in [9.17, 15) is 0 Å². The molecule has 2 fully saturated rings. The highest BCUT2D eigenvalue weighted by Gasteiger charge is 2.35. The van der Waals surface area contributed by atoms with Crippen molar-refractivity contribution >= 4 is 0 Å². The van der Waals surface area contributed by atoms with Crippen LogP contribution in [0.1, 0.15) is 36.0 Å². The van der Waals surface area contributed by atoms with Crippen LogP contribution in [0.2, 0.25) is 0 Å². The summed E-state index contributed by atoms with van der Waals surface area (Å²) in [5.74, 6) is 3.52. The minimum atomic E-state index is 0.601. The van der Waals surface area contributed by atoms with E-state index in [2.05, 4.69) is 61.3 Å².